The van der Waals surface area contributed by atoms with E-state index in [9.17, 15) is 4.79 Å². The van der Waals surface area contributed by atoms with E-state index in [0.717, 1.165) is 11.1 Å². The van der Waals surface area contributed by atoms with Crippen molar-refractivity contribution in [2.75, 3.05) is 6.54 Å². The van der Waals surface area contributed by atoms with Crippen molar-refractivity contribution in [3.63, 3.8) is 0 Å². The summed E-state index contributed by atoms with van der Waals surface area (Å²) < 4.78 is 1.67. The third kappa shape index (κ3) is 3.09. The third-order valence-corrected chi connectivity index (χ3v) is 2.54. The first-order valence-electron chi connectivity index (χ1n) is 5.73. The average Bonchev–Trinajstić information content (AvgIpc) is 2.41. The molecule has 0 fully saturated rings. The van der Waals surface area contributed by atoms with Gasteiger partial charge in [-0.3, -0.25) is 4.79 Å². The summed E-state index contributed by atoms with van der Waals surface area (Å²) in [5.74, 6) is 5.77. The van der Waals surface area contributed by atoms with E-state index in [0.29, 0.717) is 13.1 Å². The zero-order valence-electron chi connectivity index (χ0n) is 9.97. The molecule has 0 amide bonds. The van der Waals surface area contributed by atoms with Crippen LogP contribution in [0.2, 0.25) is 0 Å². The van der Waals surface area contributed by atoms with E-state index in [-0.39, 0.29) is 5.56 Å². The van der Waals surface area contributed by atoms with Crippen LogP contribution in [0.3, 0.4) is 0 Å². The van der Waals surface area contributed by atoms with Crippen molar-refractivity contribution in [2.45, 2.75) is 6.54 Å². The summed E-state index contributed by atoms with van der Waals surface area (Å²) in [6, 6.07) is 13.0. The van der Waals surface area contributed by atoms with Crippen LogP contribution in [0, 0.1) is 11.8 Å². The molecular weight excluding hydrogens is 224 g/mol. The van der Waals surface area contributed by atoms with Crippen molar-refractivity contribution in [1.29, 1.82) is 0 Å². The summed E-state index contributed by atoms with van der Waals surface area (Å²) in [5, 5.41) is 0. The van der Waals surface area contributed by atoms with Gasteiger partial charge in [-0.25, -0.2) is 0 Å². The summed E-state index contributed by atoms with van der Waals surface area (Å²) in [5.41, 5.74) is 7.32. The summed E-state index contributed by atoms with van der Waals surface area (Å²) in [4.78, 5) is 11.6. The molecule has 0 unspecified atom stereocenters. The molecule has 0 aliphatic heterocycles. The molecule has 0 atom stereocenters. The number of rotatable bonds is 2. The number of benzene rings is 1. The quantitative estimate of drug-likeness (QED) is 0.799. The van der Waals surface area contributed by atoms with Crippen molar-refractivity contribution >= 4 is 0 Å². The molecule has 0 aliphatic carbocycles. The first-order chi connectivity index (χ1) is 8.79. The Morgan fingerprint density at radius 2 is 1.89 bits per heavy atom. The lowest BCUT2D eigenvalue weighted by Crippen LogP contribution is -2.18. The van der Waals surface area contributed by atoms with E-state index in [1.54, 1.807) is 22.9 Å². The summed E-state index contributed by atoms with van der Waals surface area (Å²) in [7, 11) is 0. The van der Waals surface area contributed by atoms with E-state index in [1.165, 1.54) is 0 Å². The van der Waals surface area contributed by atoms with E-state index in [1.807, 2.05) is 30.3 Å². The molecule has 0 bridgehead atoms. The molecule has 2 aromatic rings. The molecule has 2 rings (SSSR count). The maximum Gasteiger partial charge on any atom is 0.250 e. The Labute approximate surface area is 106 Å². The fourth-order valence-electron chi connectivity index (χ4n) is 1.63. The Hall–Kier alpha value is -2.31. The monoisotopic (exact) mass is 238 g/mol. The zero-order valence-corrected chi connectivity index (χ0v) is 9.97. The molecule has 1 aromatic heterocycles. The molecule has 90 valence electrons. The van der Waals surface area contributed by atoms with Crippen LogP contribution in [0.1, 0.15) is 11.1 Å². The van der Waals surface area contributed by atoms with Gasteiger partial charge in [0.05, 0.1) is 13.1 Å². The molecular formula is C15H14N2O. The number of nitrogens with two attached hydrogens (primary N) is 1. The number of nitrogens with zero attached hydrogens (tertiary/aromatic N) is 1. The van der Waals surface area contributed by atoms with Gasteiger partial charge in [0.25, 0.3) is 5.56 Å². The minimum atomic E-state index is 0.00417. The molecule has 2 N–H and O–H groups in total. The predicted molar refractivity (Wildman–Crippen MR) is 72.2 cm³/mol. The maximum atomic E-state index is 11.6. The highest BCUT2D eigenvalue weighted by Gasteiger charge is 1.96. The topological polar surface area (TPSA) is 48.0 Å². The molecule has 3 heteroatoms. The molecule has 18 heavy (non-hydrogen) atoms. The van der Waals surface area contributed by atoms with E-state index in [4.69, 9.17) is 5.73 Å². The minimum Gasteiger partial charge on any atom is -0.320 e. The lowest BCUT2D eigenvalue weighted by atomic mass is 10.1. The van der Waals surface area contributed by atoms with E-state index in [2.05, 4.69) is 11.8 Å². The van der Waals surface area contributed by atoms with Crippen LogP contribution < -0.4 is 11.3 Å². The van der Waals surface area contributed by atoms with Crippen molar-refractivity contribution in [2.24, 2.45) is 5.73 Å². The van der Waals surface area contributed by atoms with Crippen LogP contribution in [0.4, 0.5) is 0 Å². The second-order valence-corrected chi connectivity index (χ2v) is 3.87. The fourth-order valence-corrected chi connectivity index (χ4v) is 1.63. The molecule has 1 heterocycles. The van der Waals surface area contributed by atoms with Gasteiger partial charge in [0.15, 0.2) is 0 Å². The summed E-state index contributed by atoms with van der Waals surface area (Å²) >= 11 is 0. The number of hydrogen-bond donors (Lipinski definition) is 1. The molecule has 0 aliphatic rings. The molecule has 3 nitrogen and oxygen atoms in total. The van der Waals surface area contributed by atoms with Crippen LogP contribution >= 0.6 is 0 Å². The van der Waals surface area contributed by atoms with E-state index < -0.39 is 0 Å². The van der Waals surface area contributed by atoms with Gasteiger partial charge in [0, 0.05) is 17.8 Å². The van der Waals surface area contributed by atoms with Crippen LogP contribution in [0.5, 0.6) is 0 Å². The Morgan fingerprint density at radius 3 is 2.56 bits per heavy atom. The van der Waals surface area contributed by atoms with Crippen LogP contribution in [0.15, 0.2) is 53.5 Å². The molecule has 0 saturated heterocycles. The van der Waals surface area contributed by atoms with Gasteiger partial charge in [-0.1, -0.05) is 30.0 Å². The van der Waals surface area contributed by atoms with Crippen molar-refractivity contribution < 1.29 is 0 Å². The first-order valence-corrected chi connectivity index (χ1v) is 5.73. The Balaban J connectivity index is 2.16. The molecule has 0 spiro atoms. The second kappa shape index (κ2) is 5.85. The lowest BCUT2D eigenvalue weighted by molar-refractivity contribution is 0.759. The van der Waals surface area contributed by atoms with Crippen molar-refractivity contribution in [3.05, 3.63) is 70.1 Å². The zero-order chi connectivity index (χ0) is 12.8. The molecule has 0 radical (unpaired) electrons. The minimum absolute atomic E-state index is 0.00417. The Morgan fingerprint density at radius 1 is 1.11 bits per heavy atom. The SMILES string of the molecule is NCC#Cc1ccc(Cn2ccccc2=O)cc1. The lowest BCUT2D eigenvalue weighted by Gasteiger charge is -2.04. The van der Waals surface area contributed by atoms with Gasteiger partial charge in [-0.2, -0.15) is 0 Å². The van der Waals surface area contributed by atoms with Crippen molar-refractivity contribution in [3.8, 4) is 11.8 Å². The van der Waals surface area contributed by atoms with Gasteiger partial charge in [0.1, 0.15) is 0 Å². The highest BCUT2D eigenvalue weighted by Crippen LogP contribution is 2.04. The highest BCUT2D eigenvalue weighted by molar-refractivity contribution is 5.36. The standard InChI is InChI=1S/C15H14N2O/c16-10-3-4-13-6-8-14(9-7-13)12-17-11-2-1-5-15(17)18/h1-2,5-9,11H,10,12,16H2. The number of pyridine rings is 1. The van der Waals surface area contributed by atoms with Crippen LogP contribution in [-0.4, -0.2) is 11.1 Å². The van der Waals surface area contributed by atoms with Gasteiger partial charge < -0.3 is 10.3 Å². The second-order valence-electron chi connectivity index (χ2n) is 3.87. The van der Waals surface area contributed by atoms with Gasteiger partial charge in [-0.15, -0.1) is 0 Å². The summed E-state index contributed by atoms with van der Waals surface area (Å²) in [6.45, 7) is 0.936. The van der Waals surface area contributed by atoms with Gasteiger partial charge in [-0.05, 0) is 23.8 Å². The Kier molecular flexibility index (Phi) is 3.95. The van der Waals surface area contributed by atoms with E-state index >= 15 is 0 Å². The maximum absolute atomic E-state index is 11.6. The predicted octanol–water partition coefficient (Wildman–Crippen LogP) is 1.21. The van der Waals surface area contributed by atoms with Gasteiger partial charge in [0.2, 0.25) is 0 Å². The Bertz CT molecular complexity index is 630. The molecule has 0 saturated carbocycles. The molecule has 1 aromatic carbocycles. The number of hydrogen-bond acceptors (Lipinski definition) is 2. The number of aromatic nitrogens is 1. The van der Waals surface area contributed by atoms with Crippen molar-refractivity contribution in [1.82, 2.24) is 4.57 Å². The average molecular weight is 238 g/mol. The third-order valence-electron chi connectivity index (χ3n) is 2.54. The smallest absolute Gasteiger partial charge is 0.250 e. The van der Waals surface area contributed by atoms with Crippen LogP contribution in [-0.2, 0) is 6.54 Å². The summed E-state index contributed by atoms with van der Waals surface area (Å²) in [6.07, 6.45) is 1.78. The fraction of sp³-hybridized carbons (Fsp3) is 0.133. The van der Waals surface area contributed by atoms with Crippen LogP contribution in [0.25, 0.3) is 0 Å². The normalized spacial score (nSPS) is 9.61. The first kappa shape index (κ1) is 12.2. The highest BCUT2D eigenvalue weighted by atomic mass is 16.1. The van der Waals surface area contributed by atoms with Gasteiger partial charge >= 0.3 is 0 Å². The largest absolute Gasteiger partial charge is 0.320 e.